The van der Waals surface area contributed by atoms with Crippen molar-refractivity contribution in [2.75, 3.05) is 12.3 Å². The van der Waals surface area contributed by atoms with Gasteiger partial charge in [-0.15, -0.1) is 4.73 Å². The van der Waals surface area contributed by atoms with Gasteiger partial charge in [-0.25, -0.2) is 4.98 Å². The van der Waals surface area contributed by atoms with Crippen LogP contribution < -0.4 is 10.6 Å². The van der Waals surface area contributed by atoms with E-state index >= 15 is 0 Å². The van der Waals surface area contributed by atoms with Crippen LogP contribution in [0.4, 0.5) is 10.2 Å². The summed E-state index contributed by atoms with van der Waals surface area (Å²) in [6, 6.07) is 0. The molecule has 1 fully saturated rings. The second-order valence-electron chi connectivity index (χ2n) is 4.43. The molecule has 0 amide bonds. The number of hydrogen-bond donors (Lipinski definition) is 4. The number of hydrogen-bond acceptors (Lipinski definition) is 9. The number of ether oxygens (including phenoxy) is 1. The van der Waals surface area contributed by atoms with Crippen molar-refractivity contribution in [3.05, 3.63) is 12.4 Å². The molecule has 0 aromatic carbocycles. The van der Waals surface area contributed by atoms with Gasteiger partial charge in [-0.2, -0.15) is 14.4 Å². The van der Waals surface area contributed by atoms with Crippen LogP contribution in [0.2, 0.25) is 0 Å². The molecule has 11 heteroatoms. The smallest absolute Gasteiger partial charge is 0.312 e. The molecule has 2 aromatic rings. The first kappa shape index (κ1) is 13.9. The van der Waals surface area contributed by atoms with Crippen LogP contribution >= 0.6 is 0 Å². The molecule has 0 spiro atoms. The van der Waals surface area contributed by atoms with Gasteiger partial charge >= 0.3 is 6.08 Å². The maximum Gasteiger partial charge on any atom is 0.312 e. The van der Waals surface area contributed by atoms with Crippen molar-refractivity contribution in [1.29, 1.82) is 0 Å². The van der Waals surface area contributed by atoms with Gasteiger partial charge in [-0.3, -0.25) is 0 Å². The number of rotatable bonds is 3. The zero-order valence-electron chi connectivity index (χ0n) is 10.5. The summed E-state index contributed by atoms with van der Waals surface area (Å²) in [5.74, 6) is -0.166. The number of nitrogens with zero attached hydrogens (tertiary/aromatic N) is 4. The van der Waals surface area contributed by atoms with E-state index in [9.17, 15) is 14.6 Å². The van der Waals surface area contributed by atoms with E-state index in [1.54, 1.807) is 0 Å². The number of nitrogens with two attached hydrogens (primary N) is 1. The third-order valence-corrected chi connectivity index (χ3v) is 3.08. The highest BCUT2D eigenvalue weighted by molar-refractivity contribution is 5.80. The standard InChI is InChI=1S/C10H12FN5O5/c11-10-14-7(12)4-8(15-10)16(2-13-4)21-9-6(19)5(18)3(1-17)20-9/h2-3,5-6,9,17-19H,1H2,(H2,12,14,15)/t3-,5-,6+,9+/m1/s1. The maximum absolute atomic E-state index is 13.2. The van der Waals surface area contributed by atoms with Crippen molar-refractivity contribution in [3.8, 4) is 0 Å². The molecule has 21 heavy (non-hydrogen) atoms. The van der Waals surface area contributed by atoms with Gasteiger partial charge in [-0.05, 0) is 0 Å². The van der Waals surface area contributed by atoms with Gasteiger partial charge in [0, 0.05) is 0 Å². The lowest BCUT2D eigenvalue weighted by atomic mass is 10.1. The van der Waals surface area contributed by atoms with E-state index in [4.69, 9.17) is 20.4 Å². The topological polar surface area (TPSA) is 149 Å². The van der Waals surface area contributed by atoms with Crippen LogP contribution in [-0.2, 0) is 4.74 Å². The zero-order chi connectivity index (χ0) is 15.1. The lowest BCUT2D eigenvalue weighted by Crippen LogP contribution is -2.38. The second kappa shape index (κ2) is 5.04. The minimum atomic E-state index is -1.40. The number of halogens is 1. The molecule has 2 aromatic heterocycles. The van der Waals surface area contributed by atoms with Gasteiger partial charge in [0.1, 0.15) is 24.6 Å². The summed E-state index contributed by atoms with van der Waals surface area (Å²) in [5.41, 5.74) is 5.55. The second-order valence-corrected chi connectivity index (χ2v) is 4.43. The summed E-state index contributed by atoms with van der Waals surface area (Å²) < 4.78 is 19.2. The van der Waals surface area contributed by atoms with Crippen molar-refractivity contribution < 1.29 is 29.3 Å². The van der Waals surface area contributed by atoms with Crippen molar-refractivity contribution in [1.82, 2.24) is 19.7 Å². The van der Waals surface area contributed by atoms with E-state index in [0.717, 1.165) is 11.1 Å². The van der Waals surface area contributed by atoms with Gasteiger partial charge < -0.3 is 30.6 Å². The van der Waals surface area contributed by atoms with Crippen molar-refractivity contribution in [2.45, 2.75) is 24.6 Å². The molecule has 10 nitrogen and oxygen atoms in total. The lowest BCUT2D eigenvalue weighted by molar-refractivity contribution is -0.169. The minimum absolute atomic E-state index is 0.0576. The van der Waals surface area contributed by atoms with Crippen LogP contribution in [0, 0.1) is 6.08 Å². The number of imidazole rings is 1. The van der Waals surface area contributed by atoms with Crippen LogP contribution in [0.5, 0.6) is 0 Å². The Morgan fingerprint density at radius 2 is 2.14 bits per heavy atom. The molecule has 4 atom stereocenters. The average Bonchev–Trinajstić information content (AvgIpc) is 2.96. The third-order valence-electron chi connectivity index (χ3n) is 3.08. The first-order valence-electron chi connectivity index (χ1n) is 5.97. The van der Waals surface area contributed by atoms with Gasteiger partial charge in [0.2, 0.25) is 5.65 Å². The molecule has 5 N–H and O–H groups in total. The van der Waals surface area contributed by atoms with E-state index in [0.29, 0.717) is 0 Å². The molecule has 1 aliphatic rings. The first-order valence-corrected chi connectivity index (χ1v) is 5.97. The Morgan fingerprint density at radius 3 is 2.81 bits per heavy atom. The van der Waals surface area contributed by atoms with Crippen LogP contribution in [0.25, 0.3) is 11.2 Å². The molecule has 0 saturated carbocycles. The molecular formula is C10H12FN5O5. The van der Waals surface area contributed by atoms with Crippen LogP contribution in [-0.4, -0.2) is 66.2 Å². The molecule has 3 rings (SSSR count). The summed E-state index contributed by atoms with van der Waals surface area (Å²) in [5, 5.41) is 28.4. The Hall–Kier alpha value is -2.08. The predicted molar refractivity (Wildman–Crippen MR) is 64.0 cm³/mol. The van der Waals surface area contributed by atoms with E-state index < -0.39 is 37.3 Å². The highest BCUT2D eigenvalue weighted by Crippen LogP contribution is 2.22. The Kier molecular flexibility index (Phi) is 3.33. The fraction of sp³-hybridized carbons (Fsp3) is 0.500. The minimum Gasteiger partial charge on any atom is -0.394 e. The molecule has 0 radical (unpaired) electrons. The average molecular weight is 301 g/mol. The van der Waals surface area contributed by atoms with E-state index in [2.05, 4.69) is 15.0 Å². The van der Waals surface area contributed by atoms with Gasteiger partial charge in [0.25, 0.3) is 6.29 Å². The molecule has 0 bridgehead atoms. The number of aliphatic hydroxyl groups is 3. The summed E-state index contributed by atoms with van der Waals surface area (Å²) in [6.45, 7) is -0.494. The number of aromatic nitrogens is 4. The Bertz CT molecular complexity index is 667. The highest BCUT2D eigenvalue weighted by Gasteiger charge is 2.44. The molecular weight excluding hydrogens is 289 g/mol. The highest BCUT2D eigenvalue weighted by atomic mass is 19.1. The quantitative estimate of drug-likeness (QED) is 0.448. The summed E-state index contributed by atoms with van der Waals surface area (Å²) in [4.78, 5) is 15.9. The van der Waals surface area contributed by atoms with E-state index in [1.807, 2.05) is 0 Å². The predicted octanol–water partition coefficient (Wildman–Crippen LogP) is -2.58. The molecule has 1 saturated heterocycles. The number of nitrogen functional groups attached to an aromatic ring is 1. The largest absolute Gasteiger partial charge is 0.394 e. The molecule has 3 heterocycles. The van der Waals surface area contributed by atoms with Crippen molar-refractivity contribution in [3.63, 3.8) is 0 Å². The van der Waals surface area contributed by atoms with E-state index in [-0.39, 0.29) is 17.0 Å². The number of fused-ring (bicyclic) bond motifs is 1. The third kappa shape index (κ3) is 2.25. The molecule has 0 aliphatic carbocycles. The van der Waals surface area contributed by atoms with Crippen LogP contribution in [0.1, 0.15) is 0 Å². The van der Waals surface area contributed by atoms with Gasteiger partial charge in [0.05, 0.1) is 6.61 Å². The molecule has 114 valence electrons. The summed E-state index contributed by atoms with van der Waals surface area (Å²) in [7, 11) is 0. The fourth-order valence-electron chi connectivity index (χ4n) is 2.02. The van der Waals surface area contributed by atoms with Gasteiger partial charge in [-0.1, -0.05) is 0 Å². The first-order chi connectivity index (χ1) is 10.0. The normalized spacial score (nSPS) is 29.1. The molecule has 0 unspecified atom stereocenters. The Balaban J connectivity index is 1.89. The van der Waals surface area contributed by atoms with Crippen LogP contribution in [0.15, 0.2) is 6.33 Å². The molecule has 1 aliphatic heterocycles. The maximum atomic E-state index is 13.2. The lowest BCUT2D eigenvalue weighted by Gasteiger charge is -2.16. The summed E-state index contributed by atoms with van der Waals surface area (Å²) in [6.07, 6.45) is -4.91. The van der Waals surface area contributed by atoms with Gasteiger partial charge in [0.15, 0.2) is 11.3 Å². The van der Waals surface area contributed by atoms with Crippen molar-refractivity contribution >= 4 is 17.0 Å². The van der Waals surface area contributed by atoms with Crippen molar-refractivity contribution in [2.24, 2.45) is 0 Å². The monoisotopic (exact) mass is 301 g/mol. The SMILES string of the molecule is Nc1nc(F)nc2c1ncn2O[C@@H]1O[C@H](CO)[C@@H](O)[C@@H]1O. The number of anilines is 1. The zero-order valence-corrected chi connectivity index (χ0v) is 10.5. The fourth-order valence-corrected chi connectivity index (χ4v) is 2.02. The van der Waals surface area contributed by atoms with Crippen LogP contribution in [0.3, 0.4) is 0 Å². The Labute approximate surface area is 116 Å². The Morgan fingerprint density at radius 1 is 1.38 bits per heavy atom. The number of aliphatic hydroxyl groups excluding tert-OH is 3. The summed E-state index contributed by atoms with van der Waals surface area (Å²) >= 11 is 0. The van der Waals surface area contributed by atoms with E-state index in [1.165, 1.54) is 0 Å².